The van der Waals surface area contributed by atoms with Gasteiger partial charge in [-0.15, -0.1) is 0 Å². The van der Waals surface area contributed by atoms with Gasteiger partial charge in [0.1, 0.15) is 13.2 Å². The molecule has 2 aromatic carbocycles. The van der Waals surface area contributed by atoms with Crippen LogP contribution < -0.4 is 14.4 Å². The maximum absolute atomic E-state index is 13.0. The molecular formula is C24H27NO5. The van der Waals surface area contributed by atoms with Crippen LogP contribution in [0.2, 0.25) is 0 Å². The van der Waals surface area contributed by atoms with Crippen molar-refractivity contribution in [1.82, 2.24) is 0 Å². The predicted octanol–water partition coefficient (Wildman–Crippen LogP) is 3.91. The number of fused-ring (bicyclic) bond motifs is 1. The van der Waals surface area contributed by atoms with Crippen LogP contribution in [0.3, 0.4) is 0 Å². The Kier molecular flexibility index (Phi) is 6.52. The summed E-state index contributed by atoms with van der Waals surface area (Å²) in [6.45, 7) is 0.760. The van der Waals surface area contributed by atoms with Gasteiger partial charge >= 0.3 is 5.97 Å². The number of rotatable bonds is 6. The van der Waals surface area contributed by atoms with E-state index in [0.29, 0.717) is 24.7 Å². The van der Waals surface area contributed by atoms with E-state index in [9.17, 15) is 9.59 Å². The number of amides is 1. The fourth-order valence-corrected chi connectivity index (χ4v) is 4.11. The lowest BCUT2D eigenvalue weighted by molar-refractivity contribution is -0.147. The van der Waals surface area contributed by atoms with E-state index < -0.39 is 5.97 Å². The van der Waals surface area contributed by atoms with E-state index in [-0.39, 0.29) is 25.0 Å². The first kappa shape index (κ1) is 20.3. The molecule has 1 saturated carbocycles. The van der Waals surface area contributed by atoms with E-state index in [1.54, 1.807) is 12.1 Å². The molecule has 1 fully saturated rings. The summed E-state index contributed by atoms with van der Waals surface area (Å²) in [5, 5.41) is 0. The first-order valence-electron chi connectivity index (χ1n) is 10.6. The molecule has 6 heteroatoms. The Bertz CT molecular complexity index is 876. The molecule has 0 radical (unpaired) electrons. The molecule has 0 unspecified atom stereocenters. The first-order chi connectivity index (χ1) is 14.7. The molecule has 158 valence electrons. The van der Waals surface area contributed by atoms with E-state index in [1.165, 1.54) is 6.42 Å². The molecule has 4 rings (SSSR count). The second kappa shape index (κ2) is 9.65. The summed E-state index contributed by atoms with van der Waals surface area (Å²) in [7, 11) is 0. The van der Waals surface area contributed by atoms with Gasteiger partial charge in [-0.25, -0.2) is 0 Å². The van der Waals surface area contributed by atoms with E-state index in [4.69, 9.17) is 14.2 Å². The molecule has 0 bridgehead atoms. The molecule has 0 N–H and O–H groups in total. The lowest BCUT2D eigenvalue weighted by atomic mass is 9.93. The van der Waals surface area contributed by atoms with Crippen LogP contribution in [0, 0.1) is 0 Å². The average Bonchev–Trinajstić information content (AvgIpc) is 2.79. The zero-order valence-electron chi connectivity index (χ0n) is 17.0. The lowest BCUT2D eigenvalue weighted by Crippen LogP contribution is -2.44. The van der Waals surface area contributed by atoms with Gasteiger partial charge in [0.05, 0.1) is 6.42 Å². The highest BCUT2D eigenvalue weighted by Gasteiger charge is 2.27. The number of para-hydroxylation sites is 1. The molecule has 1 aliphatic heterocycles. The lowest BCUT2D eigenvalue weighted by Gasteiger charge is -2.34. The van der Waals surface area contributed by atoms with Gasteiger partial charge in [-0.1, -0.05) is 43.5 Å². The van der Waals surface area contributed by atoms with Gasteiger partial charge in [0.2, 0.25) is 0 Å². The molecule has 0 saturated heterocycles. The molecule has 0 aromatic heterocycles. The van der Waals surface area contributed by atoms with Crippen LogP contribution in [0.4, 0.5) is 5.69 Å². The van der Waals surface area contributed by atoms with Gasteiger partial charge in [0, 0.05) is 11.7 Å². The number of carbonyl (C=O) groups excluding carboxylic acids is 2. The van der Waals surface area contributed by atoms with Crippen molar-refractivity contribution in [2.75, 3.05) is 24.7 Å². The third-order valence-electron chi connectivity index (χ3n) is 5.55. The summed E-state index contributed by atoms with van der Waals surface area (Å²) in [5.74, 6) is 0.704. The summed E-state index contributed by atoms with van der Waals surface area (Å²) in [6, 6.07) is 15.2. The van der Waals surface area contributed by atoms with Crippen LogP contribution in [0.15, 0.2) is 48.5 Å². The van der Waals surface area contributed by atoms with Gasteiger partial charge in [-0.05, 0) is 42.7 Å². The van der Waals surface area contributed by atoms with Crippen molar-refractivity contribution in [3.8, 4) is 11.5 Å². The van der Waals surface area contributed by atoms with Crippen molar-refractivity contribution >= 4 is 17.6 Å². The fourth-order valence-electron chi connectivity index (χ4n) is 4.11. The van der Waals surface area contributed by atoms with Gasteiger partial charge < -0.3 is 19.1 Å². The number of esters is 1. The topological polar surface area (TPSA) is 65.1 Å². The highest BCUT2D eigenvalue weighted by atomic mass is 16.6. The van der Waals surface area contributed by atoms with Crippen molar-refractivity contribution in [3.63, 3.8) is 0 Å². The van der Waals surface area contributed by atoms with Crippen LogP contribution in [0.5, 0.6) is 11.5 Å². The van der Waals surface area contributed by atoms with E-state index >= 15 is 0 Å². The van der Waals surface area contributed by atoms with Gasteiger partial charge in [0.15, 0.2) is 18.1 Å². The zero-order valence-corrected chi connectivity index (χ0v) is 17.0. The van der Waals surface area contributed by atoms with E-state index in [0.717, 1.165) is 36.9 Å². The molecule has 0 spiro atoms. The Balaban J connectivity index is 1.37. The SMILES string of the molecule is O=C(Cc1ccc2c(c1)OCCO2)OCC(=O)N(c1ccccc1)C1CCCCC1. The summed E-state index contributed by atoms with van der Waals surface area (Å²) in [5.41, 5.74) is 1.63. The van der Waals surface area contributed by atoms with E-state index in [1.807, 2.05) is 41.3 Å². The van der Waals surface area contributed by atoms with E-state index in [2.05, 4.69) is 0 Å². The molecule has 0 atom stereocenters. The largest absolute Gasteiger partial charge is 0.486 e. The Morgan fingerprint density at radius 1 is 0.933 bits per heavy atom. The summed E-state index contributed by atoms with van der Waals surface area (Å²) in [4.78, 5) is 27.2. The zero-order chi connectivity index (χ0) is 20.8. The van der Waals surface area contributed by atoms with Gasteiger partial charge in [-0.3, -0.25) is 9.59 Å². The van der Waals surface area contributed by atoms with Crippen molar-refractivity contribution in [2.24, 2.45) is 0 Å². The predicted molar refractivity (Wildman–Crippen MR) is 113 cm³/mol. The quantitative estimate of drug-likeness (QED) is 0.677. The number of hydrogen-bond donors (Lipinski definition) is 0. The van der Waals surface area contributed by atoms with Crippen LogP contribution in [0.25, 0.3) is 0 Å². The van der Waals surface area contributed by atoms with Crippen molar-refractivity contribution < 1.29 is 23.8 Å². The smallest absolute Gasteiger partial charge is 0.310 e. The highest BCUT2D eigenvalue weighted by Crippen LogP contribution is 2.31. The number of anilines is 1. The van der Waals surface area contributed by atoms with Gasteiger partial charge in [0.25, 0.3) is 5.91 Å². The molecule has 1 amide bonds. The number of carbonyl (C=O) groups is 2. The van der Waals surface area contributed by atoms with Gasteiger partial charge in [-0.2, -0.15) is 0 Å². The summed E-state index contributed by atoms with van der Waals surface area (Å²) in [6.07, 6.45) is 5.48. The third kappa shape index (κ3) is 4.93. The maximum atomic E-state index is 13.0. The van der Waals surface area contributed by atoms with Crippen molar-refractivity contribution in [2.45, 2.75) is 44.6 Å². The number of benzene rings is 2. The monoisotopic (exact) mass is 409 g/mol. The molecule has 2 aliphatic rings. The van der Waals surface area contributed by atoms with Crippen LogP contribution in [-0.2, 0) is 20.7 Å². The Morgan fingerprint density at radius 3 is 2.43 bits per heavy atom. The normalized spacial score (nSPS) is 16.0. The molecule has 1 heterocycles. The Labute approximate surface area is 176 Å². The highest BCUT2D eigenvalue weighted by molar-refractivity contribution is 5.95. The molecule has 2 aromatic rings. The minimum atomic E-state index is -0.434. The number of nitrogens with zero attached hydrogens (tertiary/aromatic N) is 1. The molecule has 1 aliphatic carbocycles. The van der Waals surface area contributed by atoms with Crippen LogP contribution in [0.1, 0.15) is 37.7 Å². The van der Waals surface area contributed by atoms with Crippen LogP contribution >= 0.6 is 0 Å². The summed E-state index contributed by atoms with van der Waals surface area (Å²) >= 11 is 0. The minimum absolute atomic E-state index is 0.0820. The molecular weight excluding hydrogens is 382 g/mol. The minimum Gasteiger partial charge on any atom is -0.486 e. The van der Waals surface area contributed by atoms with Crippen LogP contribution in [-0.4, -0.2) is 37.7 Å². The standard InChI is InChI=1S/C24H27NO5/c26-23(25(19-7-3-1-4-8-19)20-9-5-2-6-10-20)17-30-24(27)16-18-11-12-21-22(15-18)29-14-13-28-21/h1,3-4,7-8,11-12,15,20H,2,5-6,9-10,13-14,16-17H2. The van der Waals surface area contributed by atoms with Crippen molar-refractivity contribution in [1.29, 1.82) is 0 Å². The molecule has 6 nitrogen and oxygen atoms in total. The first-order valence-corrected chi connectivity index (χ1v) is 10.6. The number of ether oxygens (including phenoxy) is 3. The Hall–Kier alpha value is -3.02. The Morgan fingerprint density at radius 2 is 1.67 bits per heavy atom. The fraction of sp³-hybridized carbons (Fsp3) is 0.417. The second-order valence-electron chi connectivity index (χ2n) is 7.71. The summed E-state index contributed by atoms with van der Waals surface area (Å²) < 4.78 is 16.4. The second-order valence-corrected chi connectivity index (χ2v) is 7.71. The molecule has 30 heavy (non-hydrogen) atoms. The number of hydrogen-bond acceptors (Lipinski definition) is 5. The third-order valence-corrected chi connectivity index (χ3v) is 5.55. The maximum Gasteiger partial charge on any atom is 0.310 e. The average molecular weight is 409 g/mol. The van der Waals surface area contributed by atoms with Crippen molar-refractivity contribution in [3.05, 3.63) is 54.1 Å².